The maximum absolute atomic E-state index is 10.5. The Bertz CT molecular complexity index is 752. The molecule has 1 N–H and O–H groups in total. The molecule has 1 atom stereocenters. The molecule has 0 bridgehead atoms. The van der Waals surface area contributed by atoms with E-state index in [9.17, 15) is 8.42 Å². The number of rotatable bonds is 4. The molecule has 8 heteroatoms. The van der Waals surface area contributed by atoms with Gasteiger partial charge in [-0.1, -0.05) is 43.9 Å². The first kappa shape index (κ1) is 22.7. The summed E-state index contributed by atoms with van der Waals surface area (Å²) in [5.74, 6) is 0. The molecule has 1 aliphatic heterocycles. The summed E-state index contributed by atoms with van der Waals surface area (Å²) in [6.45, 7) is 7.74. The lowest BCUT2D eigenvalue weighted by Gasteiger charge is -2.29. The smallest absolute Gasteiger partial charge is 0.294 e. The number of hydrogen-bond donors (Lipinski definition) is 1. The van der Waals surface area contributed by atoms with Gasteiger partial charge in [0.1, 0.15) is 0 Å². The monoisotopic (exact) mass is 409 g/mol. The predicted octanol–water partition coefficient (Wildman–Crippen LogP) is 3.41. The van der Waals surface area contributed by atoms with Crippen LogP contribution in [0, 0.1) is 6.92 Å². The van der Waals surface area contributed by atoms with E-state index in [-0.39, 0.29) is 11.1 Å². The molecule has 7 nitrogen and oxygen atoms in total. The average molecular weight is 410 g/mol. The Morgan fingerprint density at radius 1 is 1.18 bits per heavy atom. The van der Waals surface area contributed by atoms with Gasteiger partial charge < -0.3 is 4.74 Å². The normalized spacial score (nSPS) is 21.2. The molecule has 156 valence electrons. The highest BCUT2D eigenvalue weighted by atomic mass is 32.2. The predicted molar refractivity (Wildman–Crippen MR) is 110 cm³/mol. The fourth-order valence-corrected chi connectivity index (χ4v) is 3.63. The summed E-state index contributed by atoms with van der Waals surface area (Å²) in [4.78, 5) is 11.0. The maximum atomic E-state index is 10.5. The molecule has 1 aromatic carbocycles. The van der Waals surface area contributed by atoms with E-state index >= 15 is 0 Å². The summed E-state index contributed by atoms with van der Waals surface area (Å²) in [6, 6.07) is 9.31. The Kier molecular flexibility index (Phi) is 9.28. The molecule has 1 heterocycles. The van der Waals surface area contributed by atoms with Gasteiger partial charge in [0.2, 0.25) is 0 Å². The highest BCUT2D eigenvalue weighted by Gasteiger charge is 2.17. The summed E-state index contributed by atoms with van der Waals surface area (Å²) in [7, 11) is -4.02. The minimum Gasteiger partial charge on any atom is -0.353 e. The van der Waals surface area contributed by atoms with E-state index in [1.165, 1.54) is 44.2 Å². The standard InChI is InChI=1S/C13H23N3O.C7H8O3S/c1-2-16-8-9-17-13(10-16)15-11-14-12-6-4-3-5-7-12;1-6-2-4-7(5-3-6)11(8,9)10/h12-13H,2-10H2,1H3;2-5H,1H3,(H,8,9,10). The van der Waals surface area contributed by atoms with Crippen LogP contribution in [0.1, 0.15) is 44.6 Å². The third-order valence-corrected chi connectivity index (χ3v) is 5.78. The number of likely N-dealkylation sites (N-methyl/N-ethyl adjacent to an activating group) is 1. The Labute approximate surface area is 168 Å². The van der Waals surface area contributed by atoms with Crippen LogP contribution in [0.4, 0.5) is 0 Å². The third-order valence-electron chi connectivity index (χ3n) is 4.91. The largest absolute Gasteiger partial charge is 0.353 e. The summed E-state index contributed by atoms with van der Waals surface area (Å²) in [5, 5.41) is 0. The minimum absolute atomic E-state index is 0.0592. The fraction of sp³-hybridized carbons (Fsp3) is 0.650. The molecule has 0 spiro atoms. The highest BCUT2D eigenvalue weighted by Crippen LogP contribution is 2.19. The van der Waals surface area contributed by atoms with Gasteiger partial charge >= 0.3 is 0 Å². The van der Waals surface area contributed by atoms with E-state index < -0.39 is 10.1 Å². The molecule has 2 aliphatic rings. The highest BCUT2D eigenvalue weighted by molar-refractivity contribution is 7.85. The van der Waals surface area contributed by atoms with E-state index in [1.807, 2.05) is 6.92 Å². The van der Waals surface area contributed by atoms with Gasteiger partial charge in [0.05, 0.1) is 23.6 Å². The van der Waals surface area contributed by atoms with Crippen molar-refractivity contribution in [1.82, 2.24) is 4.90 Å². The van der Waals surface area contributed by atoms with Crippen molar-refractivity contribution in [2.75, 3.05) is 26.2 Å². The van der Waals surface area contributed by atoms with E-state index in [4.69, 9.17) is 9.29 Å². The summed E-state index contributed by atoms with van der Waals surface area (Å²) in [6.07, 6.45) is 6.32. The van der Waals surface area contributed by atoms with Gasteiger partial charge in [0.15, 0.2) is 6.23 Å². The van der Waals surface area contributed by atoms with Crippen molar-refractivity contribution in [3.63, 3.8) is 0 Å². The van der Waals surface area contributed by atoms with Crippen molar-refractivity contribution in [1.29, 1.82) is 0 Å². The summed E-state index contributed by atoms with van der Waals surface area (Å²) < 4.78 is 35.1. The number of aryl methyl sites for hydroxylation is 1. The number of morpholine rings is 1. The van der Waals surface area contributed by atoms with Crippen LogP contribution in [0.3, 0.4) is 0 Å². The van der Waals surface area contributed by atoms with Crippen LogP contribution < -0.4 is 0 Å². The lowest BCUT2D eigenvalue weighted by Crippen LogP contribution is -2.41. The Morgan fingerprint density at radius 2 is 1.86 bits per heavy atom. The van der Waals surface area contributed by atoms with Crippen LogP contribution >= 0.6 is 0 Å². The molecule has 3 rings (SSSR count). The zero-order valence-corrected chi connectivity index (χ0v) is 17.6. The molecule has 0 radical (unpaired) electrons. The van der Waals surface area contributed by atoms with Crippen molar-refractivity contribution in [3.05, 3.63) is 29.8 Å². The SMILES string of the molecule is CCN1CCOC(N=C=NC2CCCCC2)C1.Cc1ccc(S(=O)(=O)O)cc1. The first-order valence-electron chi connectivity index (χ1n) is 9.91. The number of aliphatic imine (C=N–C) groups is 2. The van der Waals surface area contributed by atoms with E-state index in [2.05, 4.69) is 27.8 Å². The Balaban J connectivity index is 0.000000221. The van der Waals surface area contributed by atoms with Crippen LogP contribution in [0.5, 0.6) is 0 Å². The molecular weight excluding hydrogens is 378 g/mol. The summed E-state index contributed by atoms with van der Waals surface area (Å²) in [5.41, 5.74) is 0.956. The maximum Gasteiger partial charge on any atom is 0.294 e. The van der Waals surface area contributed by atoms with Crippen molar-refractivity contribution in [3.8, 4) is 0 Å². The number of hydrogen-bond acceptors (Lipinski definition) is 6. The fourth-order valence-electron chi connectivity index (χ4n) is 3.15. The molecule has 0 aromatic heterocycles. The molecule has 1 aliphatic carbocycles. The molecule has 1 saturated heterocycles. The van der Waals surface area contributed by atoms with Crippen molar-refractivity contribution >= 4 is 16.1 Å². The van der Waals surface area contributed by atoms with Gasteiger partial charge in [-0.25, -0.2) is 4.99 Å². The van der Waals surface area contributed by atoms with E-state index in [0.29, 0.717) is 6.04 Å². The van der Waals surface area contributed by atoms with Crippen LogP contribution in [0.15, 0.2) is 39.1 Å². The topological polar surface area (TPSA) is 91.6 Å². The van der Waals surface area contributed by atoms with E-state index in [1.54, 1.807) is 12.1 Å². The summed E-state index contributed by atoms with van der Waals surface area (Å²) >= 11 is 0. The number of ether oxygens (including phenoxy) is 1. The minimum atomic E-state index is -4.02. The van der Waals surface area contributed by atoms with Gasteiger partial charge in [0.25, 0.3) is 10.1 Å². The average Bonchev–Trinajstić information content (AvgIpc) is 2.69. The van der Waals surface area contributed by atoms with Crippen molar-refractivity contribution in [2.24, 2.45) is 9.98 Å². The van der Waals surface area contributed by atoms with Crippen LogP contribution in [-0.4, -0.2) is 62.4 Å². The van der Waals surface area contributed by atoms with Gasteiger partial charge in [-0.05, 0) is 38.4 Å². The van der Waals surface area contributed by atoms with Gasteiger partial charge in [-0.15, -0.1) is 0 Å². The lowest BCUT2D eigenvalue weighted by atomic mass is 9.96. The third kappa shape index (κ3) is 8.20. The lowest BCUT2D eigenvalue weighted by molar-refractivity contribution is -0.0209. The molecule has 0 amide bonds. The quantitative estimate of drug-likeness (QED) is 0.608. The number of benzene rings is 1. The zero-order chi connectivity index (χ0) is 20.4. The first-order valence-corrected chi connectivity index (χ1v) is 11.3. The Hall–Kier alpha value is -1.57. The Morgan fingerprint density at radius 3 is 2.46 bits per heavy atom. The van der Waals surface area contributed by atoms with Crippen LogP contribution in [0.2, 0.25) is 0 Å². The number of nitrogens with zero attached hydrogens (tertiary/aromatic N) is 3. The second-order valence-corrected chi connectivity index (χ2v) is 8.58. The van der Waals surface area contributed by atoms with Crippen molar-refractivity contribution in [2.45, 2.75) is 63.1 Å². The van der Waals surface area contributed by atoms with Gasteiger partial charge in [0, 0.05) is 13.1 Å². The molecule has 1 unspecified atom stereocenters. The molecule has 1 aromatic rings. The molecule has 28 heavy (non-hydrogen) atoms. The molecule has 2 fully saturated rings. The second kappa shape index (κ2) is 11.4. The van der Waals surface area contributed by atoms with Crippen molar-refractivity contribution < 1.29 is 17.7 Å². The molecular formula is C20H31N3O4S. The van der Waals surface area contributed by atoms with Crippen LogP contribution in [0.25, 0.3) is 0 Å². The van der Waals surface area contributed by atoms with E-state index in [0.717, 1.165) is 31.8 Å². The zero-order valence-electron chi connectivity index (χ0n) is 16.7. The molecule has 1 saturated carbocycles. The second-order valence-electron chi connectivity index (χ2n) is 7.16. The first-order chi connectivity index (χ1) is 13.4. The van der Waals surface area contributed by atoms with Gasteiger partial charge in [-0.2, -0.15) is 13.4 Å². The van der Waals surface area contributed by atoms with Gasteiger partial charge in [-0.3, -0.25) is 9.45 Å². The van der Waals surface area contributed by atoms with Crippen LogP contribution in [-0.2, 0) is 14.9 Å².